The van der Waals surface area contributed by atoms with Gasteiger partial charge in [0.25, 0.3) is 5.91 Å². The van der Waals surface area contributed by atoms with Crippen molar-refractivity contribution in [3.05, 3.63) is 42.1 Å². The largest absolute Gasteiger partial charge is 0.333 e. The molecule has 2 saturated heterocycles. The molecule has 4 amide bonds. The van der Waals surface area contributed by atoms with Gasteiger partial charge in [-0.05, 0) is 44.7 Å². The Morgan fingerprint density at radius 1 is 1.15 bits per heavy atom. The van der Waals surface area contributed by atoms with Gasteiger partial charge < -0.3 is 9.80 Å². The summed E-state index contributed by atoms with van der Waals surface area (Å²) in [5.74, 6) is 1.18. The Morgan fingerprint density at radius 3 is 2.67 bits per heavy atom. The van der Waals surface area contributed by atoms with E-state index in [9.17, 15) is 14.4 Å². The maximum absolute atomic E-state index is 13.3. The number of carbonyl (C=O) groups is 3. The maximum atomic E-state index is 13.3. The van der Waals surface area contributed by atoms with Gasteiger partial charge in [-0.3, -0.25) is 19.1 Å². The summed E-state index contributed by atoms with van der Waals surface area (Å²) in [5.41, 5.74) is 0.0462. The number of pyridine rings is 1. The summed E-state index contributed by atoms with van der Waals surface area (Å²) < 4.78 is 1.91. The summed E-state index contributed by atoms with van der Waals surface area (Å²) in [6.07, 6.45) is 9.54. The van der Waals surface area contributed by atoms with Crippen molar-refractivity contribution < 1.29 is 14.4 Å². The topological polar surface area (TPSA) is 91.6 Å². The van der Waals surface area contributed by atoms with E-state index in [1.54, 1.807) is 23.0 Å². The number of rotatable bonds is 4. The molecule has 0 N–H and O–H groups in total. The van der Waals surface area contributed by atoms with Crippen LogP contribution in [-0.2, 0) is 9.59 Å². The van der Waals surface area contributed by atoms with Crippen LogP contribution in [-0.4, -0.2) is 72.8 Å². The Bertz CT molecular complexity index is 1090. The minimum absolute atomic E-state index is 0.171. The van der Waals surface area contributed by atoms with Crippen molar-refractivity contribution in [3.63, 3.8) is 0 Å². The van der Waals surface area contributed by atoms with Crippen molar-refractivity contribution in [3.8, 4) is 5.82 Å². The lowest BCUT2D eigenvalue weighted by molar-refractivity contribution is -0.141. The van der Waals surface area contributed by atoms with Gasteiger partial charge in [0.1, 0.15) is 23.7 Å². The molecular weight excluding hydrogens is 420 g/mol. The van der Waals surface area contributed by atoms with E-state index in [0.717, 1.165) is 49.4 Å². The summed E-state index contributed by atoms with van der Waals surface area (Å²) in [4.78, 5) is 53.1. The number of imide groups is 1. The first-order chi connectivity index (χ1) is 15.9. The number of imidazole rings is 1. The molecule has 1 unspecified atom stereocenters. The number of likely N-dealkylation sites (N-methyl/N-ethyl adjacent to an activating group) is 1. The van der Waals surface area contributed by atoms with Crippen LogP contribution in [0.4, 0.5) is 4.79 Å². The number of nitrogens with zero attached hydrogens (tertiary/aromatic N) is 6. The lowest BCUT2D eigenvalue weighted by Crippen LogP contribution is -2.49. The molecule has 2 aliphatic heterocycles. The van der Waals surface area contributed by atoms with Crippen molar-refractivity contribution in [1.29, 1.82) is 0 Å². The molecule has 9 nitrogen and oxygen atoms in total. The van der Waals surface area contributed by atoms with Gasteiger partial charge in [0.15, 0.2) is 0 Å². The zero-order valence-electron chi connectivity index (χ0n) is 19.2. The second-order valence-electron chi connectivity index (χ2n) is 9.34. The van der Waals surface area contributed by atoms with E-state index in [1.807, 2.05) is 35.9 Å². The van der Waals surface area contributed by atoms with Gasteiger partial charge in [-0.15, -0.1) is 0 Å². The van der Waals surface area contributed by atoms with E-state index >= 15 is 0 Å². The lowest BCUT2D eigenvalue weighted by Gasteiger charge is -2.35. The monoisotopic (exact) mass is 450 g/mol. The minimum atomic E-state index is -0.765. The minimum Gasteiger partial charge on any atom is -0.333 e. The third-order valence-corrected chi connectivity index (χ3v) is 7.52. The van der Waals surface area contributed by atoms with Gasteiger partial charge >= 0.3 is 6.03 Å². The molecule has 3 fully saturated rings. The molecule has 1 spiro atoms. The molecule has 9 heteroatoms. The fraction of sp³-hybridized carbons (Fsp3) is 0.542. The van der Waals surface area contributed by atoms with Crippen LogP contribution in [0.15, 0.2) is 30.6 Å². The number of hydrogen-bond acceptors (Lipinski definition) is 5. The third-order valence-electron chi connectivity index (χ3n) is 7.52. The van der Waals surface area contributed by atoms with Gasteiger partial charge in [0.2, 0.25) is 5.91 Å². The summed E-state index contributed by atoms with van der Waals surface area (Å²) in [5, 5.41) is 0. The van der Waals surface area contributed by atoms with Gasteiger partial charge in [-0.25, -0.2) is 14.8 Å². The molecule has 0 aromatic carbocycles. The number of amides is 4. The van der Waals surface area contributed by atoms with Crippen LogP contribution in [0.1, 0.15) is 62.5 Å². The van der Waals surface area contributed by atoms with E-state index < -0.39 is 5.54 Å². The predicted octanol–water partition coefficient (Wildman–Crippen LogP) is 2.84. The highest BCUT2D eigenvalue weighted by molar-refractivity contribution is 6.09. The van der Waals surface area contributed by atoms with Gasteiger partial charge in [-0.2, -0.15) is 0 Å². The van der Waals surface area contributed by atoms with E-state index in [-0.39, 0.29) is 30.4 Å². The predicted molar refractivity (Wildman–Crippen MR) is 120 cm³/mol. The number of aryl methyl sites for hydroxylation is 1. The molecule has 2 aromatic rings. The first kappa shape index (κ1) is 21.6. The average Bonchev–Trinajstić information content (AvgIpc) is 3.53. The Balaban J connectivity index is 1.35. The van der Waals surface area contributed by atoms with E-state index in [4.69, 9.17) is 4.98 Å². The van der Waals surface area contributed by atoms with E-state index in [2.05, 4.69) is 4.98 Å². The molecule has 3 aliphatic rings. The molecule has 5 rings (SSSR count). The third kappa shape index (κ3) is 3.50. The van der Waals surface area contributed by atoms with Crippen molar-refractivity contribution in [2.45, 2.75) is 63.5 Å². The molecule has 0 bridgehead atoms. The van der Waals surface area contributed by atoms with Crippen molar-refractivity contribution in [1.82, 2.24) is 29.2 Å². The Kier molecular flexibility index (Phi) is 5.42. The highest BCUT2D eigenvalue weighted by atomic mass is 16.2. The number of hydrogen-bond donors (Lipinski definition) is 0. The summed E-state index contributed by atoms with van der Waals surface area (Å²) >= 11 is 0. The summed E-state index contributed by atoms with van der Waals surface area (Å²) in [6, 6.07) is 5.26. The van der Waals surface area contributed by atoms with E-state index in [0.29, 0.717) is 19.4 Å². The second kappa shape index (κ2) is 8.28. The molecule has 2 aromatic heterocycles. The standard InChI is InChI=1S/C24H30N6O3/c1-17-25-13-15-28(17)20-10-6-8-18(26-20)19-9-7-14-29(19)21(31)16-30-22(32)24(27(2)23(30)33)11-4-3-5-12-24/h6,8,10,13,15,19H,3-5,7,9,11-12,14,16H2,1-2H3. The number of aromatic nitrogens is 3. The van der Waals surface area contributed by atoms with Gasteiger partial charge in [0, 0.05) is 26.0 Å². The number of carbonyl (C=O) groups excluding carboxylic acids is 3. The first-order valence-electron chi connectivity index (χ1n) is 11.8. The molecular formula is C24H30N6O3. The van der Waals surface area contributed by atoms with Crippen LogP contribution in [0.2, 0.25) is 0 Å². The average molecular weight is 451 g/mol. The quantitative estimate of drug-likeness (QED) is 0.668. The first-order valence-corrected chi connectivity index (χ1v) is 11.8. The molecule has 1 saturated carbocycles. The zero-order chi connectivity index (χ0) is 23.2. The van der Waals surface area contributed by atoms with Crippen LogP contribution in [0.3, 0.4) is 0 Å². The smallest absolute Gasteiger partial charge is 0.327 e. The summed E-state index contributed by atoms with van der Waals surface area (Å²) in [6.45, 7) is 2.30. The highest BCUT2D eigenvalue weighted by Crippen LogP contribution is 2.40. The SMILES string of the molecule is Cc1nccn1-c1cccc(C2CCCN2C(=O)CN2C(=O)N(C)C3(CCCCC3)C2=O)n1. The van der Waals surface area contributed by atoms with Crippen LogP contribution in [0.5, 0.6) is 0 Å². The summed E-state index contributed by atoms with van der Waals surface area (Å²) in [7, 11) is 1.70. The number of urea groups is 1. The second-order valence-corrected chi connectivity index (χ2v) is 9.34. The van der Waals surface area contributed by atoms with Crippen LogP contribution in [0.25, 0.3) is 5.82 Å². The maximum Gasteiger partial charge on any atom is 0.327 e. The van der Waals surface area contributed by atoms with Crippen LogP contribution in [0, 0.1) is 6.92 Å². The van der Waals surface area contributed by atoms with Crippen molar-refractivity contribution >= 4 is 17.8 Å². The van der Waals surface area contributed by atoms with E-state index in [1.165, 1.54) is 4.90 Å². The lowest BCUT2D eigenvalue weighted by atomic mass is 9.81. The van der Waals surface area contributed by atoms with Crippen LogP contribution < -0.4 is 0 Å². The van der Waals surface area contributed by atoms with Crippen molar-refractivity contribution in [2.75, 3.05) is 20.1 Å². The molecule has 0 radical (unpaired) electrons. The fourth-order valence-electron chi connectivity index (χ4n) is 5.65. The van der Waals surface area contributed by atoms with Crippen molar-refractivity contribution in [2.24, 2.45) is 0 Å². The highest BCUT2D eigenvalue weighted by Gasteiger charge is 2.56. The Labute approximate surface area is 193 Å². The Morgan fingerprint density at radius 2 is 1.94 bits per heavy atom. The molecule has 1 atom stereocenters. The van der Waals surface area contributed by atoms with Gasteiger partial charge in [-0.1, -0.05) is 25.3 Å². The molecule has 1 aliphatic carbocycles. The zero-order valence-corrected chi connectivity index (χ0v) is 19.2. The normalized spacial score (nSPS) is 22.6. The molecule has 33 heavy (non-hydrogen) atoms. The van der Waals surface area contributed by atoms with Crippen LogP contribution >= 0.6 is 0 Å². The Hall–Kier alpha value is -3.23. The number of likely N-dealkylation sites (tertiary alicyclic amines) is 1. The van der Waals surface area contributed by atoms with Gasteiger partial charge in [0.05, 0.1) is 11.7 Å². The fourth-order valence-corrected chi connectivity index (χ4v) is 5.65. The molecule has 4 heterocycles. The molecule has 174 valence electrons.